The summed E-state index contributed by atoms with van der Waals surface area (Å²) in [6.07, 6.45) is 2.39. The van der Waals surface area contributed by atoms with Crippen molar-refractivity contribution in [2.75, 3.05) is 19.7 Å². The van der Waals surface area contributed by atoms with Gasteiger partial charge in [-0.1, -0.05) is 22.9 Å². The highest BCUT2D eigenvalue weighted by Gasteiger charge is 2.34. The molecule has 3 heteroatoms. The highest BCUT2D eigenvalue weighted by molar-refractivity contribution is 9.10. The molecule has 1 N–H and O–H groups in total. The molecule has 1 aliphatic heterocycles. The predicted octanol–water partition coefficient (Wildman–Crippen LogP) is 3.22. The maximum absolute atomic E-state index is 5.75. The van der Waals surface area contributed by atoms with Gasteiger partial charge in [0.25, 0.3) is 0 Å². The Morgan fingerprint density at radius 2 is 2.00 bits per heavy atom. The summed E-state index contributed by atoms with van der Waals surface area (Å²) in [5.41, 5.74) is 0.495. The molecule has 16 heavy (non-hydrogen) atoms. The number of hydrogen-bond donors (Lipinski definition) is 1. The zero-order chi connectivity index (χ0) is 11.4. The van der Waals surface area contributed by atoms with E-state index in [1.807, 2.05) is 24.3 Å². The van der Waals surface area contributed by atoms with Gasteiger partial charge in [0.05, 0.1) is 6.61 Å². The van der Waals surface area contributed by atoms with Crippen molar-refractivity contribution in [3.63, 3.8) is 0 Å². The summed E-state index contributed by atoms with van der Waals surface area (Å²) in [4.78, 5) is 0. The molecule has 1 heterocycles. The van der Waals surface area contributed by atoms with Gasteiger partial charge >= 0.3 is 0 Å². The average molecular weight is 284 g/mol. The van der Waals surface area contributed by atoms with E-state index in [1.54, 1.807) is 0 Å². The fraction of sp³-hybridized carbons (Fsp3) is 0.538. The molecule has 1 aromatic rings. The minimum Gasteiger partial charge on any atom is -0.494 e. The minimum atomic E-state index is 0.495. The largest absolute Gasteiger partial charge is 0.494 e. The van der Waals surface area contributed by atoms with Crippen molar-refractivity contribution in [3.8, 4) is 5.75 Å². The molecule has 1 aliphatic rings. The average Bonchev–Trinajstić information content (AvgIpc) is 2.25. The summed E-state index contributed by atoms with van der Waals surface area (Å²) in [7, 11) is 0. The summed E-state index contributed by atoms with van der Waals surface area (Å²) < 4.78 is 6.84. The molecule has 0 spiro atoms. The number of nitrogens with one attached hydrogen (secondary N) is 1. The van der Waals surface area contributed by atoms with Crippen molar-refractivity contribution < 1.29 is 4.74 Å². The molecule has 0 aromatic heterocycles. The Hall–Kier alpha value is -0.540. The van der Waals surface area contributed by atoms with Crippen LogP contribution in [-0.2, 0) is 0 Å². The second-order valence-electron chi connectivity index (χ2n) is 4.51. The molecule has 0 bridgehead atoms. The van der Waals surface area contributed by atoms with E-state index >= 15 is 0 Å². The molecular weight excluding hydrogens is 266 g/mol. The van der Waals surface area contributed by atoms with Gasteiger partial charge in [-0.3, -0.25) is 0 Å². The van der Waals surface area contributed by atoms with Gasteiger partial charge in [0.15, 0.2) is 0 Å². The lowest BCUT2D eigenvalue weighted by Crippen LogP contribution is -2.53. The smallest absolute Gasteiger partial charge is 0.119 e. The second kappa shape index (κ2) is 5.19. The Kier molecular flexibility index (Phi) is 3.87. The Morgan fingerprint density at radius 3 is 2.50 bits per heavy atom. The quantitative estimate of drug-likeness (QED) is 0.896. The summed E-state index contributed by atoms with van der Waals surface area (Å²) in [6, 6.07) is 8.02. The van der Waals surface area contributed by atoms with Crippen molar-refractivity contribution in [2.45, 2.75) is 19.8 Å². The lowest BCUT2D eigenvalue weighted by atomic mass is 9.76. The highest BCUT2D eigenvalue weighted by atomic mass is 79.9. The molecule has 0 unspecified atom stereocenters. The van der Waals surface area contributed by atoms with Crippen molar-refractivity contribution >= 4 is 15.9 Å². The first-order valence-electron chi connectivity index (χ1n) is 5.83. The van der Waals surface area contributed by atoms with E-state index in [1.165, 1.54) is 6.42 Å². The van der Waals surface area contributed by atoms with Crippen molar-refractivity contribution in [1.82, 2.24) is 5.32 Å². The SMILES string of the molecule is CCC1(CCOc2ccc(Br)cc2)CNC1. The van der Waals surface area contributed by atoms with E-state index in [-0.39, 0.29) is 0 Å². The molecular formula is C13H18BrNO. The predicted molar refractivity (Wildman–Crippen MR) is 69.8 cm³/mol. The summed E-state index contributed by atoms with van der Waals surface area (Å²) >= 11 is 3.41. The molecule has 88 valence electrons. The number of ether oxygens (including phenoxy) is 1. The first-order valence-corrected chi connectivity index (χ1v) is 6.62. The van der Waals surface area contributed by atoms with Crippen LogP contribution in [0.1, 0.15) is 19.8 Å². The first kappa shape index (κ1) is 11.9. The van der Waals surface area contributed by atoms with Crippen LogP contribution in [0, 0.1) is 5.41 Å². The summed E-state index contributed by atoms with van der Waals surface area (Å²) in [6.45, 7) is 5.37. The molecule has 0 atom stereocenters. The third-order valence-corrected chi connectivity index (χ3v) is 3.99. The number of benzene rings is 1. The van der Waals surface area contributed by atoms with Crippen LogP contribution in [0.5, 0.6) is 5.75 Å². The van der Waals surface area contributed by atoms with Gasteiger partial charge < -0.3 is 10.1 Å². The molecule has 2 rings (SSSR count). The Labute approximate surface area is 106 Å². The Balaban J connectivity index is 1.77. The van der Waals surface area contributed by atoms with Gasteiger partial charge in [0.2, 0.25) is 0 Å². The molecule has 1 aromatic carbocycles. The number of rotatable bonds is 5. The summed E-state index contributed by atoms with van der Waals surface area (Å²) in [5, 5.41) is 3.35. The van der Waals surface area contributed by atoms with E-state index in [2.05, 4.69) is 28.2 Å². The van der Waals surface area contributed by atoms with Gasteiger partial charge in [-0.2, -0.15) is 0 Å². The maximum atomic E-state index is 5.75. The molecule has 0 amide bonds. The van der Waals surface area contributed by atoms with Crippen LogP contribution < -0.4 is 10.1 Å². The topological polar surface area (TPSA) is 21.3 Å². The van der Waals surface area contributed by atoms with Crippen LogP contribution in [0.25, 0.3) is 0 Å². The molecule has 1 fully saturated rings. The van der Waals surface area contributed by atoms with Crippen molar-refractivity contribution in [2.24, 2.45) is 5.41 Å². The van der Waals surface area contributed by atoms with Gasteiger partial charge in [0.1, 0.15) is 5.75 Å². The fourth-order valence-electron chi connectivity index (χ4n) is 2.00. The zero-order valence-corrected chi connectivity index (χ0v) is 11.2. The van der Waals surface area contributed by atoms with E-state index < -0.39 is 0 Å². The maximum Gasteiger partial charge on any atom is 0.119 e. The van der Waals surface area contributed by atoms with E-state index in [9.17, 15) is 0 Å². The highest BCUT2D eigenvalue weighted by Crippen LogP contribution is 2.30. The van der Waals surface area contributed by atoms with E-state index in [4.69, 9.17) is 4.74 Å². The van der Waals surface area contributed by atoms with Crippen molar-refractivity contribution in [1.29, 1.82) is 0 Å². The number of halogens is 1. The van der Waals surface area contributed by atoms with Crippen LogP contribution in [0.3, 0.4) is 0 Å². The molecule has 1 saturated heterocycles. The summed E-state index contributed by atoms with van der Waals surface area (Å²) in [5.74, 6) is 0.960. The fourth-order valence-corrected chi connectivity index (χ4v) is 2.26. The van der Waals surface area contributed by atoms with Gasteiger partial charge in [-0.05, 0) is 42.5 Å². The second-order valence-corrected chi connectivity index (χ2v) is 5.43. The van der Waals surface area contributed by atoms with Crippen LogP contribution in [0.2, 0.25) is 0 Å². The van der Waals surface area contributed by atoms with Crippen LogP contribution in [-0.4, -0.2) is 19.7 Å². The Bertz CT molecular complexity index is 327. The zero-order valence-electron chi connectivity index (χ0n) is 9.63. The van der Waals surface area contributed by atoms with Gasteiger partial charge in [-0.25, -0.2) is 0 Å². The van der Waals surface area contributed by atoms with Crippen molar-refractivity contribution in [3.05, 3.63) is 28.7 Å². The van der Waals surface area contributed by atoms with E-state index in [0.29, 0.717) is 5.41 Å². The number of hydrogen-bond acceptors (Lipinski definition) is 2. The monoisotopic (exact) mass is 283 g/mol. The molecule has 0 aliphatic carbocycles. The Morgan fingerprint density at radius 1 is 1.31 bits per heavy atom. The third-order valence-electron chi connectivity index (χ3n) is 3.46. The van der Waals surface area contributed by atoms with E-state index in [0.717, 1.165) is 36.3 Å². The lowest BCUT2D eigenvalue weighted by Gasteiger charge is -2.42. The third kappa shape index (κ3) is 2.77. The standard InChI is InChI=1S/C13H18BrNO/c1-2-13(9-15-10-13)7-8-16-12-5-3-11(14)4-6-12/h3-6,15H,2,7-10H2,1H3. The molecule has 0 radical (unpaired) electrons. The lowest BCUT2D eigenvalue weighted by molar-refractivity contribution is 0.116. The minimum absolute atomic E-state index is 0.495. The van der Waals surface area contributed by atoms with Gasteiger partial charge in [-0.15, -0.1) is 0 Å². The van der Waals surface area contributed by atoms with Crippen LogP contribution in [0.15, 0.2) is 28.7 Å². The molecule has 0 saturated carbocycles. The van der Waals surface area contributed by atoms with Gasteiger partial charge in [0, 0.05) is 17.6 Å². The normalized spacial score (nSPS) is 17.9. The van der Waals surface area contributed by atoms with Crippen LogP contribution >= 0.6 is 15.9 Å². The first-order chi connectivity index (χ1) is 7.74. The van der Waals surface area contributed by atoms with Crippen LogP contribution in [0.4, 0.5) is 0 Å². The molecule has 2 nitrogen and oxygen atoms in total.